The number of ether oxygens (including phenoxy) is 1. The van der Waals surface area contributed by atoms with E-state index in [1.54, 1.807) is 7.11 Å². The van der Waals surface area contributed by atoms with Gasteiger partial charge in [0.15, 0.2) is 0 Å². The quantitative estimate of drug-likeness (QED) is 0.799. The molecule has 1 saturated heterocycles. The monoisotopic (exact) mass is 205 g/mol. The number of hydrogen-bond donors (Lipinski definition) is 1. The van der Waals surface area contributed by atoms with Gasteiger partial charge in [-0.05, 0) is 31.0 Å². The Hall–Kier alpha value is -1.51. The third kappa shape index (κ3) is 1.82. The van der Waals surface area contributed by atoms with Crippen molar-refractivity contribution in [1.29, 1.82) is 0 Å². The van der Waals surface area contributed by atoms with E-state index in [4.69, 9.17) is 4.74 Å². The van der Waals surface area contributed by atoms with Crippen molar-refractivity contribution >= 4 is 5.91 Å². The third-order valence-electron chi connectivity index (χ3n) is 2.99. The number of amides is 1. The number of hydrogen-bond acceptors (Lipinski definition) is 2. The molecule has 1 aliphatic rings. The largest absolute Gasteiger partial charge is 0.497 e. The van der Waals surface area contributed by atoms with E-state index in [1.807, 2.05) is 24.3 Å². The van der Waals surface area contributed by atoms with Crippen LogP contribution in [0.3, 0.4) is 0 Å². The summed E-state index contributed by atoms with van der Waals surface area (Å²) in [5, 5.41) is 3.00. The van der Waals surface area contributed by atoms with Gasteiger partial charge in [0.05, 0.1) is 12.6 Å². The molecule has 1 unspecified atom stereocenters. The van der Waals surface area contributed by atoms with E-state index in [0.717, 1.165) is 17.7 Å². The minimum absolute atomic E-state index is 0.133. The lowest BCUT2D eigenvalue weighted by Gasteiger charge is -2.24. The minimum Gasteiger partial charge on any atom is -0.497 e. The first kappa shape index (κ1) is 10.0. The van der Waals surface area contributed by atoms with Crippen LogP contribution in [-0.4, -0.2) is 13.0 Å². The van der Waals surface area contributed by atoms with E-state index >= 15 is 0 Å². The summed E-state index contributed by atoms with van der Waals surface area (Å²) in [6.45, 7) is 2.06. The summed E-state index contributed by atoms with van der Waals surface area (Å²) in [7, 11) is 1.65. The molecule has 3 heteroatoms. The van der Waals surface area contributed by atoms with Crippen LogP contribution in [0.1, 0.15) is 25.3 Å². The molecule has 1 amide bonds. The van der Waals surface area contributed by atoms with Crippen molar-refractivity contribution < 1.29 is 9.53 Å². The average Bonchev–Trinajstić information content (AvgIpc) is 2.60. The third-order valence-corrected chi connectivity index (χ3v) is 2.99. The summed E-state index contributed by atoms with van der Waals surface area (Å²) in [5.74, 6) is 0.972. The minimum atomic E-state index is -0.205. The first-order chi connectivity index (χ1) is 7.14. The van der Waals surface area contributed by atoms with Gasteiger partial charge >= 0.3 is 0 Å². The Balaban J connectivity index is 2.25. The normalized spacial score (nSPS) is 25.1. The van der Waals surface area contributed by atoms with Gasteiger partial charge in [0.1, 0.15) is 5.75 Å². The molecule has 1 aromatic carbocycles. The van der Waals surface area contributed by atoms with E-state index in [9.17, 15) is 4.79 Å². The number of nitrogens with one attached hydrogen (secondary N) is 1. The van der Waals surface area contributed by atoms with Crippen molar-refractivity contribution in [1.82, 2.24) is 5.32 Å². The molecule has 1 aliphatic heterocycles. The van der Waals surface area contributed by atoms with Gasteiger partial charge in [0, 0.05) is 6.42 Å². The van der Waals surface area contributed by atoms with Crippen LogP contribution in [-0.2, 0) is 10.3 Å². The number of methoxy groups -OCH3 is 1. The van der Waals surface area contributed by atoms with E-state index in [1.165, 1.54) is 0 Å². The Kier molecular flexibility index (Phi) is 2.39. The lowest BCUT2D eigenvalue weighted by molar-refractivity contribution is -0.119. The number of carbonyl (C=O) groups is 1. The second-order valence-corrected chi connectivity index (χ2v) is 4.11. The Labute approximate surface area is 89.4 Å². The molecule has 15 heavy (non-hydrogen) atoms. The second-order valence-electron chi connectivity index (χ2n) is 4.11. The van der Waals surface area contributed by atoms with Crippen molar-refractivity contribution in [3.8, 4) is 5.75 Å². The van der Waals surface area contributed by atoms with Gasteiger partial charge in [0.2, 0.25) is 5.91 Å². The number of benzene rings is 1. The van der Waals surface area contributed by atoms with Crippen LogP contribution in [0.4, 0.5) is 0 Å². The molecule has 0 aliphatic carbocycles. The van der Waals surface area contributed by atoms with Crippen molar-refractivity contribution in [2.24, 2.45) is 0 Å². The highest BCUT2D eigenvalue weighted by atomic mass is 16.5. The van der Waals surface area contributed by atoms with Gasteiger partial charge in [0.25, 0.3) is 0 Å². The predicted molar refractivity (Wildman–Crippen MR) is 57.7 cm³/mol. The molecule has 0 spiro atoms. The van der Waals surface area contributed by atoms with Crippen LogP contribution >= 0.6 is 0 Å². The van der Waals surface area contributed by atoms with Gasteiger partial charge in [-0.15, -0.1) is 0 Å². The molecule has 1 aromatic rings. The molecule has 1 heterocycles. The van der Waals surface area contributed by atoms with Gasteiger partial charge in [-0.3, -0.25) is 4.79 Å². The number of carbonyl (C=O) groups excluding carboxylic acids is 1. The fraction of sp³-hybridized carbons (Fsp3) is 0.417. The van der Waals surface area contributed by atoms with E-state index in [2.05, 4.69) is 12.2 Å². The molecular formula is C12H15NO2. The molecule has 0 saturated carbocycles. The fourth-order valence-electron chi connectivity index (χ4n) is 1.97. The molecule has 1 fully saturated rings. The maximum Gasteiger partial charge on any atom is 0.220 e. The molecule has 1 N–H and O–H groups in total. The molecule has 0 radical (unpaired) electrons. The van der Waals surface area contributed by atoms with Gasteiger partial charge in [-0.25, -0.2) is 0 Å². The number of rotatable bonds is 2. The maximum absolute atomic E-state index is 11.2. The van der Waals surface area contributed by atoms with Crippen molar-refractivity contribution in [2.75, 3.05) is 7.11 Å². The van der Waals surface area contributed by atoms with E-state index in [0.29, 0.717) is 6.42 Å². The topological polar surface area (TPSA) is 38.3 Å². The standard InChI is InChI=1S/C12H15NO2/c1-12(8-7-11(14)13-12)9-3-5-10(15-2)6-4-9/h3-6H,7-8H2,1-2H3,(H,13,14). The zero-order valence-electron chi connectivity index (χ0n) is 9.04. The van der Waals surface area contributed by atoms with Crippen molar-refractivity contribution in [3.05, 3.63) is 29.8 Å². The van der Waals surface area contributed by atoms with Gasteiger partial charge in [-0.2, -0.15) is 0 Å². The Bertz CT molecular complexity index is 372. The van der Waals surface area contributed by atoms with Crippen LogP contribution in [0.5, 0.6) is 5.75 Å². The van der Waals surface area contributed by atoms with Crippen molar-refractivity contribution in [2.45, 2.75) is 25.3 Å². The summed E-state index contributed by atoms with van der Waals surface area (Å²) >= 11 is 0. The second kappa shape index (κ2) is 3.57. The van der Waals surface area contributed by atoms with Gasteiger partial charge in [-0.1, -0.05) is 12.1 Å². The summed E-state index contributed by atoms with van der Waals surface area (Å²) < 4.78 is 5.10. The predicted octanol–water partition coefficient (Wildman–Crippen LogP) is 1.82. The van der Waals surface area contributed by atoms with E-state index in [-0.39, 0.29) is 11.4 Å². The highest BCUT2D eigenvalue weighted by molar-refractivity contribution is 5.79. The molecule has 1 atom stereocenters. The zero-order valence-corrected chi connectivity index (χ0v) is 9.04. The molecular weight excluding hydrogens is 190 g/mol. The Morgan fingerprint density at radius 2 is 2.00 bits per heavy atom. The Morgan fingerprint density at radius 3 is 2.47 bits per heavy atom. The average molecular weight is 205 g/mol. The summed E-state index contributed by atoms with van der Waals surface area (Å²) in [6.07, 6.45) is 1.47. The van der Waals surface area contributed by atoms with Crippen molar-refractivity contribution in [3.63, 3.8) is 0 Å². The summed E-state index contributed by atoms with van der Waals surface area (Å²) in [5.41, 5.74) is 0.928. The molecule has 80 valence electrons. The molecule has 3 nitrogen and oxygen atoms in total. The molecule has 0 bridgehead atoms. The van der Waals surface area contributed by atoms with Gasteiger partial charge < -0.3 is 10.1 Å². The summed E-state index contributed by atoms with van der Waals surface area (Å²) in [4.78, 5) is 11.2. The first-order valence-corrected chi connectivity index (χ1v) is 5.09. The van der Waals surface area contributed by atoms with E-state index < -0.39 is 0 Å². The summed E-state index contributed by atoms with van der Waals surface area (Å²) in [6, 6.07) is 7.85. The van der Waals surface area contributed by atoms with Crippen LogP contribution in [0.15, 0.2) is 24.3 Å². The SMILES string of the molecule is COc1ccc(C2(C)CCC(=O)N2)cc1. The van der Waals surface area contributed by atoms with Crippen LogP contribution in [0, 0.1) is 0 Å². The molecule has 2 rings (SSSR count). The smallest absolute Gasteiger partial charge is 0.220 e. The van der Waals surface area contributed by atoms with Crippen LogP contribution in [0.25, 0.3) is 0 Å². The fourth-order valence-corrected chi connectivity index (χ4v) is 1.97. The van der Waals surface area contributed by atoms with Crippen LogP contribution < -0.4 is 10.1 Å². The lowest BCUT2D eigenvalue weighted by atomic mass is 9.91. The Morgan fingerprint density at radius 1 is 1.33 bits per heavy atom. The van der Waals surface area contributed by atoms with Crippen LogP contribution in [0.2, 0.25) is 0 Å². The maximum atomic E-state index is 11.2. The first-order valence-electron chi connectivity index (χ1n) is 5.09. The zero-order chi connectivity index (χ0) is 10.9. The lowest BCUT2D eigenvalue weighted by Crippen LogP contribution is -2.35. The highest BCUT2D eigenvalue weighted by Gasteiger charge is 2.34. The highest BCUT2D eigenvalue weighted by Crippen LogP contribution is 2.31. The molecule has 0 aromatic heterocycles.